The van der Waals surface area contributed by atoms with Crippen LogP contribution in [0.1, 0.15) is 21.6 Å². The predicted octanol–water partition coefficient (Wildman–Crippen LogP) is 2.54. The molecule has 4 rings (SSSR count). The summed E-state index contributed by atoms with van der Waals surface area (Å²) in [4.78, 5) is 15.7. The lowest BCUT2D eigenvalue weighted by Crippen LogP contribution is -2.05. The van der Waals surface area contributed by atoms with Gasteiger partial charge in [0.05, 0.1) is 5.69 Å². The molecule has 0 saturated carbocycles. The number of fused-ring (bicyclic) bond motifs is 3. The number of carboxylic acids is 1. The van der Waals surface area contributed by atoms with Crippen LogP contribution in [-0.2, 0) is 6.42 Å². The Kier molecular flexibility index (Phi) is 2.41. The van der Waals surface area contributed by atoms with Gasteiger partial charge in [0.1, 0.15) is 0 Å². The summed E-state index contributed by atoms with van der Waals surface area (Å²) in [5.74, 6) is -0.383. The molecule has 2 heterocycles. The number of rotatable bonds is 2. The van der Waals surface area contributed by atoms with Gasteiger partial charge in [0.2, 0.25) is 0 Å². The van der Waals surface area contributed by atoms with Gasteiger partial charge in [-0.05, 0) is 17.7 Å². The minimum atomic E-state index is -1.01. The van der Waals surface area contributed by atoms with Crippen LogP contribution in [0.2, 0.25) is 0 Å². The molecule has 0 fully saturated rings. The average Bonchev–Trinajstić information content (AvgIpc) is 3.05. The lowest BCUT2D eigenvalue weighted by molar-refractivity contribution is 0.0689. The summed E-state index contributed by atoms with van der Waals surface area (Å²) in [5, 5.41) is 13.6. The smallest absolute Gasteiger partial charge is 0.356 e. The zero-order chi connectivity index (χ0) is 14.4. The molecule has 0 spiro atoms. The first-order chi connectivity index (χ1) is 10.3. The Morgan fingerprint density at radius 3 is 2.71 bits per heavy atom. The second kappa shape index (κ2) is 4.28. The van der Waals surface area contributed by atoms with Crippen LogP contribution in [0.15, 0.2) is 48.7 Å². The third-order valence-electron chi connectivity index (χ3n) is 3.69. The van der Waals surface area contributed by atoms with Gasteiger partial charge in [-0.15, -0.1) is 0 Å². The Bertz CT molecular complexity index is 853. The van der Waals surface area contributed by atoms with E-state index in [-0.39, 0.29) is 5.69 Å². The van der Waals surface area contributed by atoms with Gasteiger partial charge in [0, 0.05) is 23.7 Å². The van der Waals surface area contributed by atoms with Crippen LogP contribution in [0.25, 0.3) is 17.1 Å². The first kappa shape index (κ1) is 11.8. The van der Waals surface area contributed by atoms with Gasteiger partial charge in [-0.25, -0.2) is 14.5 Å². The number of benzene rings is 1. The van der Waals surface area contributed by atoms with E-state index in [1.165, 1.54) is 0 Å². The SMILES string of the molecule is O=C(O)c1nn(-c2ccccn2)c2c1Cc1ccccc1-2. The summed E-state index contributed by atoms with van der Waals surface area (Å²) in [7, 11) is 0. The van der Waals surface area contributed by atoms with E-state index < -0.39 is 5.97 Å². The minimum Gasteiger partial charge on any atom is -0.476 e. The first-order valence-electron chi connectivity index (χ1n) is 6.60. The second-order valence-electron chi connectivity index (χ2n) is 4.91. The van der Waals surface area contributed by atoms with E-state index in [2.05, 4.69) is 10.1 Å². The highest BCUT2D eigenvalue weighted by molar-refractivity contribution is 5.92. The number of aromatic nitrogens is 3. The van der Waals surface area contributed by atoms with Crippen LogP contribution in [0.4, 0.5) is 0 Å². The number of nitrogens with zero attached hydrogens (tertiary/aromatic N) is 3. The maximum Gasteiger partial charge on any atom is 0.356 e. The molecule has 5 heteroatoms. The van der Waals surface area contributed by atoms with Gasteiger partial charge in [0.25, 0.3) is 0 Å². The molecule has 102 valence electrons. The molecule has 1 aliphatic rings. The summed E-state index contributed by atoms with van der Waals surface area (Å²) < 4.78 is 1.63. The van der Waals surface area contributed by atoms with Crippen molar-refractivity contribution in [1.82, 2.24) is 14.8 Å². The van der Waals surface area contributed by atoms with Gasteiger partial charge < -0.3 is 5.11 Å². The molecule has 0 atom stereocenters. The lowest BCUT2D eigenvalue weighted by atomic mass is 10.1. The normalized spacial score (nSPS) is 12.0. The van der Waals surface area contributed by atoms with E-state index in [1.807, 2.05) is 42.5 Å². The van der Waals surface area contributed by atoms with Gasteiger partial charge in [-0.3, -0.25) is 0 Å². The highest BCUT2D eigenvalue weighted by atomic mass is 16.4. The molecular weight excluding hydrogens is 266 g/mol. The fourth-order valence-electron chi connectivity index (χ4n) is 2.81. The molecule has 1 aliphatic carbocycles. The average molecular weight is 277 g/mol. The fourth-order valence-corrected chi connectivity index (χ4v) is 2.81. The van der Waals surface area contributed by atoms with Crippen molar-refractivity contribution in [1.29, 1.82) is 0 Å². The molecule has 5 nitrogen and oxygen atoms in total. The number of hydrogen-bond donors (Lipinski definition) is 1. The van der Waals surface area contributed by atoms with Gasteiger partial charge >= 0.3 is 5.97 Å². The summed E-state index contributed by atoms with van der Waals surface area (Å²) in [6, 6.07) is 13.4. The van der Waals surface area contributed by atoms with Crippen molar-refractivity contribution in [2.24, 2.45) is 0 Å². The molecular formula is C16H11N3O2. The zero-order valence-electron chi connectivity index (χ0n) is 11.0. The quantitative estimate of drug-likeness (QED) is 0.611. The van der Waals surface area contributed by atoms with Crippen molar-refractivity contribution >= 4 is 5.97 Å². The van der Waals surface area contributed by atoms with E-state index in [9.17, 15) is 9.90 Å². The van der Waals surface area contributed by atoms with Crippen LogP contribution in [0, 0.1) is 0 Å². The van der Waals surface area contributed by atoms with Crippen molar-refractivity contribution in [3.05, 3.63) is 65.5 Å². The van der Waals surface area contributed by atoms with Crippen molar-refractivity contribution < 1.29 is 9.90 Å². The summed E-state index contributed by atoms with van der Waals surface area (Å²) in [5.41, 5.74) is 3.85. The van der Waals surface area contributed by atoms with Crippen molar-refractivity contribution in [3.8, 4) is 17.1 Å². The maximum atomic E-state index is 11.5. The lowest BCUT2D eigenvalue weighted by Gasteiger charge is -2.06. The van der Waals surface area contributed by atoms with Crippen molar-refractivity contribution in [2.45, 2.75) is 6.42 Å². The summed E-state index contributed by atoms with van der Waals surface area (Å²) in [6.45, 7) is 0. The maximum absolute atomic E-state index is 11.5. The third-order valence-corrected chi connectivity index (χ3v) is 3.69. The van der Waals surface area contributed by atoms with Crippen LogP contribution in [-0.4, -0.2) is 25.8 Å². The first-order valence-corrected chi connectivity index (χ1v) is 6.60. The number of pyridine rings is 1. The highest BCUT2D eigenvalue weighted by Crippen LogP contribution is 2.39. The Morgan fingerprint density at radius 1 is 1.14 bits per heavy atom. The molecule has 0 radical (unpaired) electrons. The largest absolute Gasteiger partial charge is 0.476 e. The summed E-state index contributed by atoms with van der Waals surface area (Å²) >= 11 is 0. The topological polar surface area (TPSA) is 68.0 Å². The number of carboxylic acid groups (broad SMARTS) is 1. The van der Waals surface area contributed by atoms with E-state index in [1.54, 1.807) is 10.9 Å². The molecule has 0 saturated heterocycles. The fraction of sp³-hybridized carbons (Fsp3) is 0.0625. The standard InChI is InChI=1S/C16H11N3O2/c20-16(21)14-12-9-10-5-1-2-6-11(10)15(12)19(18-14)13-7-3-4-8-17-13/h1-8H,9H2,(H,20,21). The predicted molar refractivity (Wildman–Crippen MR) is 76.6 cm³/mol. The van der Waals surface area contributed by atoms with E-state index in [0.29, 0.717) is 12.2 Å². The number of aromatic carboxylic acids is 1. The van der Waals surface area contributed by atoms with Crippen molar-refractivity contribution in [3.63, 3.8) is 0 Å². The molecule has 0 amide bonds. The Hall–Kier alpha value is -2.95. The van der Waals surface area contributed by atoms with E-state index in [0.717, 1.165) is 22.4 Å². The highest BCUT2D eigenvalue weighted by Gasteiger charge is 2.30. The molecule has 0 unspecified atom stereocenters. The Balaban J connectivity index is 2.03. The van der Waals surface area contributed by atoms with E-state index in [4.69, 9.17) is 0 Å². The number of hydrogen-bond acceptors (Lipinski definition) is 3. The molecule has 0 aliphatic heterocycles. The van der Waals surface area contributed by atoms with Crippen LogP contribution in [0.5, 0.6) is 0 Å². The van der Waals surface area contributed by atoms with Crippen molar-refractivity contribution in [2.75, 3.05) is 0 Å². The zero-order valence-corrected chi connectivity index (χ0v) is 11.0. The molecule has 2 aromatic heterocycles. The molecule has 21 heavy (non-hydrogen) atoms. The van der Waals surface area contributed by atoms with Crippen LogP contribution < -0.4 is 0 Å². The Morgan fingerprint density at radius 2 is 1.95 bits per heavy atom. The molecule has 1 N–H and O–H groups in total. The van der Waals surface area contributed by atoms with Gasteiger partial charge in [-0.2, -0.15) is 5.10 Å². The van der Waals surface area contributed by atoms with Gasteiger partial charge in [0.15, 0.2) is 11.5 Å². The Labute approximate surface area is 120 Å². The monoisotopic (exact) mass is 277 g/mol. The molecule has 0 bridgehead atoms. The van der Waals surface area contributed by atoms with Crippen LogP contribution >= 0.6 is 0 Å². The minimum absolute atomic E-state index is 0.104. The van der Waals surface area contributed by atoms with E-state index >= 15 is 0 Å². The molecule has 1 aromatic carbocycles. The van der Waals surface area contributed by atoms with Gasteiger partial charge in [-0.1, -0.05) is 30.3 Å². The third kappa shape index (κ3) is 1.67. The van der Waals surface area contributed by atoms with Crippen LogP contribution in [0.3, 0.4) is 0 Å². The molecule has 3 aromatic rings. The second-order valence-corrected chi connectivity index (χ2v) is 4.91. The summed E-state index contributed by atoms with van der Waals surface area (Å²) in [6.07, 6.45) is 2.27. The number of carbonyl (C=O) groups is 1.